The van der Waals surface area contributed by atoms with Gasteiger partial charge in [-0.3, -0.25) is 4.79 Å². The highest BCUT2D eigenvalue weighted by Crippen LogP contribution is 2.29. The van der Waals surface area contributed by atoms with Crippen LogP contribution < -0.4 is 15.7 Å². The highest BCUT2D eigenvalue weighted by atomic mass is 16.5. The first-order valence-corrected chi connectivity index (χ1v) is 10.1. The first-order valence-electron chi connectivity index (χ1n) is 10.1. The summed E-state index contributed by atoms with van der Waals surface area (Å²) in [7, 11) is 0. The van der Waals surface area contributed by atoms with Crippen LogP contribution in [0.25, 0.3) is 11.0 Å². The third kappa shape index (κ3) is 4.34. The summed E-state index contributed by atoms with van der Waals surface area (Å²) in [5.74, 6) is 0.333. The van der Waals surface area contributed by atoms with Crippen molar-refractivity contribution in [2.24, 2.45) is 0 Å². The molecule has 3 aromatic rings. The minimum Gasteiger partial charge on any atom is -0.481 e. The average Bonchev–Trinajstić information content (AvgIpc) is 3.24. The van der Waals surface area contributed by atoms with E-state index >= 15 is 0 Å². The topological polar surface area (TPSA) is 86.4 Å². The fraction of sp³-hybridized carbons (Fsp3) is 0.409. The predicted molar refractivity (Wildman–Crippen MR) is 109 cm³/mol. The molecule has 1 aromatic carbocycles. The van der Waals surface area contributed by atoms with Crippen LogP contribution in [0.1, 0.15) is 37.3 Å². The molecule has 7 heteroatoms. The molecule has 1 amide bonds. The summed E-state index contributed by atoms with van der Waals surface area (Å²) in [6, 6.07) is 5.46. The Bertz CT molecular complexity index is 1060. The van der Waals surface area contributed by atoms with Crippen molar-refractivity contribution in [2.75, 3.05) is 6.54 Å². The molecule has 0 bridgehead atoms. The molecule has 0 saturated heterocycles. The van der Waals surface area contributed by atoms with Gasteiger partial charge in [-0.2, -0.15) is 0 Å². The van der Waals surface area contributed by atoms with Crippen LogP contribution in [0.5, 0.6) is 5.75 Å². The number of hydrogen-bond acceptors (Lipinski definition) is 5. The van der Waals surface area contributed by atoms with Gasteiger partial charge >= 0.3 is 5.63 Å². The van der Waals surface area contributed by atoms with Gasteiger partial charge in [0.1, 0.15) is 11.3 Å². The zero-order chi connectivity index (χ0) is 20.2. The lowest BCUT2D eigenvalue weighted by molar-refractivity contribution is -0.127. The van der Waals surface area contributed by atoms with E-state index < -0.39 is 6.10 Å². The van der Waals surface area contributed by atoms with Crippen LogP contribution in [0, 0.1) is 0 Å². The minimum atomic E-state index is -0.648. The molecule has 1 aliphatic carbocycles. The summed E-state index contributed by atoms with van der Waals surface area (Å²) >= 11 is 0. The number of benzene rings is 1. The zero-order valence-corrected chi connectivity index (χ0v) is 16.5. The average molecular weight is 395 g/mol. The molecule has 2 aromatic heterocycles. The Morgan fingerprint density at radius 2 is 2.14 bits per heavy atom. The van der Waals surface area contributed by atoms with Gasteiger partial charge in [-0.05, 0) is 56.7 Å². The highest BCUT2D eigenvalue weighted by Gasteiger charge is 2.19. The molecule has 1 unspecified atom stereocenters. The molecule has 4 rings (SSSR count). The van der Waals surface area contributed by atoms with Crippen LogP contribution in [-0.2, 0) is 24.2 Å². The summed E-state index contributed by atoms with van der Waals surface area (Å²) < 4.78 is 13.3. The Balaban J connectivity index is 1.38. The van der Waals surface area contributed by atoms with Crippen LogP contribution in [0.4, 0.5) is 0 Å². The molecule has 0 aliphatic heterocycles. The number of amides is 1. The van der Waals surface area contributed by atoms with E-state index in [0.717, 1.165) is 55.2 Å². The summed E-state index contributed by atoms with van der Waals surface area (Å²) in [5.41, 5.74) is 2.16. The molecule has 0 saturated carbocycles. The predicted octanol–water partition coefficient (Wildman–Crippen LogP) is 2.84. The van der Waals surface area contributed by atoms with Gasteiger partial charge in [0.15, 0.2) is 6.10 Å². The first-order chi connectivity index (χ1) is 14.1. The maximum atomic E-state index is 12.3. The van der Waals surface area contributed by atoms with E-state index in [9.17, 15) is 9.59 Å². The van der Waals surface area contributed by atoms with Crippen molar-refractivity contribution in [1.82, 2.24) is 14.9 Å². The van der Waals surface area contributed by atoms with Gasteiger partial charge < -0.3 is 19.0 Å². The lowest BCUT2D eigenvalue weighted by Crippen LogP contribution is -2.37. The first kappa shape index (κ1) is 19.2. The monoisotopic (exact) mass is 395 g/mol. The van der Waals surface area contributed by atoms with Gasteiger partial charge in [-0.25, -0.2) is 9.78 Å². The second kappa shape index (κ2) is 8.51. The summed E-state index contributed by atoms with van der Waals surface area (Å²) in [6.45, 7) is 3.06. The number of nitrogens with one attached hydrogen (secondary N) is 1. The number of nitrogens with zero attached hydrogens (tertiary/aromatic N) is 2. The highest BCUT2D eigenvalue weighted by molar-refractivity contribution is 5.83. The third-order valence-electron chi connectivity index (χ3n) is 5.33. The molecule has 0 spiro atoms. The number of rotatable bonds is 7. The second-order valence-corrected chi connectivity index (χ2v) is 7.42. The van der Waals surface area contributed by atoms with Gasteiger partial charge in [0.05, 0.1) is 6.33 Å². The normalized spacial score (nSPS) is 14.4. The quantitative estimate of drug-likeness (QED) is 0.491. The van der Waals surface area contributed by atoms with Crippen LogP contribution in [0.15, 0.2) is 46.1 Å². The third-order valence-corrected chi connectivity index (χ3v) is 5.33. The van der Waals surface area contributed by atoms with Crippen molar-refractivity contribution >= 4 is 16.9 Å². The van der Waals surface area contributed by atoms with E-state index in [1.165, 1.54) is 0 Å². The lowest BCUT2D eigenvalue weighted by atomic mass is 9.91. The molecule has 152 valence electrons. The van der Waals surface area contributed by atoms with E-state index in [-0.39, 0.29) is 11.5 Å². The smallest absolute Gasteiger partial charge is 0.339 e. The van der Waals surface area contributed by atoms with E-state index in [1.54, 1.807) is 25.5 Å². The molecule has 1 aliphatic rings. The molecule has 0 radical (unpaired) electrons. The van der Waals surface area contributed by atoms with Gasteiger partial charge in [0.25, 0.3) is 5.91 Å². The van der Waals surface area contributed by atoms with Crippen LogP contribution in [-0.4, -0.2) is 28.1 Å². The Labute approximate surface area is 168 Å². The summed E-state index contributed by atoms with van der Waals surface area (Å²) in [4.78, 5) is 28.6. The van der Waals surface area contributed by atoms with E-state index in [0.29, 0.717) is 17.9 Å². The van der Waals surface area contributed by atoms with Gasteiger partial charge in [-0.1, -0.05) is 0 Å². The van der Waals surface area contributed by atoms with Crippen LogP contribution in [0.2, 0.25) is 0 Å². The number of hydrogen-bond donors (Lipinski definition) is 1. The number of ether oxygens (including phenoxy) is 1. The molecular weight excluding hydrogens is 370 g/mol. The van der Waals surface area contributed by atoms with Gasteiger partial charge in [-0.15, -0.1) is 0 Å². The lowest BCUT2D eigenvalue weighted by Gasteiger charge is -2.18. The molecular formula is C22H25N3O4. The molecule has 1 N–H and O–H groups in total. The number of fused-ring (bicyclic) bond motifs is 3. The molecule has 7 nitrogen and oxygen atoms in total. The van der Waals surface area contributed by atoms with Gasteiger partial charge in [0, 0.05) is 42.5 Å². The minimum absolute atomic E-state index is 0.178. The Kier molecular flexibility index (Phi) is 5.64. The fourth-order valence-electron chi connectivity index (χ4n) is 3.79. The SMILES string of the molecule is CC(Oc1ccc2c3c(c(=O)oc2c1)CCCC3)C(=O)NCCCn1ccnc1. The van der Waals surface area contributed by atoms with Crippen molar-refractivity contribution < 1.29 is 13.9 Å². The molecule has 2 heterocycles. The maximum Gasteiger partial charge on any atom is 0.339 e. The van der Waals surface area contributed by atoms with Crippen LogP contribution in [0.3, 0.4) is 0 Å². The standard InChI is InChI=1S/C22H25N3O4/c1-15(21(26)24-9-4-11-25-12-10-23-14-25)28-16-7-8-18-17-5-2-3-6-19(17)22(27)29-20(18)13-16/h7-8,10,12-15H,2-6,9,11H2,1H3,(H,24,26). The van der Waals surface area contributed by atoms with Gasteiger partial charge in [0.2, 0.25) is 0 Å². The second-order valence-electron chi connectivity index (χ2n) is 7.42. The fourth-order valence-corrected chi connectivity index (χ4v) is 3.79. The summed E-state index contributed by atoms with van der Waals surface area (Å²) in [5, 5.41) is 3.84. The Morgan fingerprint density at radius 1 is 1.31 bits per heavy atom. The van der Waals surface area contributed by atoms with Crippen molar-refractivity contribution in [3.63, 3.8) is 0 Å². The maximum absolute atomic E-state index is 12.3. The number of aryl methyl sites for hydroxylation is 2. The van der Waals surface area contributed by atoms with Crippen molar-refractivity contribution in [2.45, 2.75) is 51.7 Å². The number of aromatic nitrogens is 2. The number of carbonyl (C=O) groups excluding carboxylic acids is 1. The van der Waals surface area contributed by atoms with E-state index in [1.807, 2.05) is 22.9 Å². The van der Waals surface area contributed by atoms with E-state index in [2.05, 4.69) is 10.3 Å². The van der Waals surface area contributed by atoms with E-state index in [4.69, 9.17) is 9.15 Å². The number of carbonyl (C=O) groups is 1. The van der Waals surface area contributed by atoms with Crippen molar-refractivity contribution in [1.29, 1.82) is 0 Å². The summed E-state index contributed by atoms with van der Waals surface area (Å²) in [6.07, 6.45) is 9.33. The molecule has 1 atom stereocenters. The van der Waals surface area contributed by atoms with Crippen LogP contribution >= 0.6 is 0 Å². The Morgan fingerprint density at radius 3 is 2.93 bits per heavy atom. The van der Waals surface area contributed by atoms with Crippen molar-refractivity contribution in [3.05, 3.63) is 58.5 Å². The zero-order valence-electron chi connectivity index (χ0n) is 16.5. The largest absolute Gasteiger partial charge is 0.481 e. The Hall–Kier alpha value is -3.09. The molecule has 29 heavy (non-hydrogen) atoms. The van der Waals surface area contributed by atoms with Crippen molar-refractivity contribution in [3.8, 4) is 5.75 Å². The molecule has 0 fully saturated rings. The number of imidazole rings is 1.